The van der Waals surface area contributed by atoms with Crippen LogP contribution in [0.2, 0.25) is 5.02 Å². The van der Waals surface area contributed by atoms with Gasteiger partial charge in [0, 0.05) is 22.4 Å². The van der Waals surface area contributed by atoms with E-state index in [1.54, 1.807) is 0 Å². The summed E-state index contributed by atoms with van der Waals surface area (Å²) in [6.45, 7) is 2.14. The summed E-state index contributed by atoms with van der Waals surface area (Å²) >= 11 is 7.45. The van der Waals surface area contributed by atoms with E-state index < -0.39 is 0 Å². The summed E-state index contributed by atoms with van der Waals surface area (Å²) in [7, 11) is 0. The maximum atomic E-state index is 12.1. The monoisotopic (exact) mass is 349 g/mol. The Morgan fingerprint density at radius 1 is 1.39 bits per heavy atom. The lowest BCUT2D eigenvalue weighted by molar-refractivity contribution is -0.116. The molecule has 0 saturated carbocycles. The molecule has 4 nitrogen and oxygen atoms in total. The molecule has 1 fully saturated rings. The second-order valence-corrected chi connectivity index (χ2v) is 7.12. The van der Waals surface area contributed by atoms with Crippen molar-refractivity contribution in [2.24, 2.45) is 5.92 Å². The highest BCUT2D eigenvalue weighted by Gasteiger charge is 2.15. The molecule has 3 rings (SSSR count). The zero-order chi connectivity index (χ0) is 16.1. The van der Waals surface area contributed by atoms with E-state index in [9.17, 15) is 4.79 Å². The standard InChI is InChI=1S/C17H20ClN3OS/c18-14-3-1-2-13(10-14)15-11-23-17(20-15)21-16(22)5-4-12-6-8-19-9-7-12/h1-3,10-12,19H,4-9H2,(H,20,21,22). The van der Waals surface area contributed by atoms with Crippen molar-refractivity contribution in [1.82, 2.24) is 10.3 Å². The zero-order valence-corrected chi connectivity index (χ0v) is 14.4. The molecule has 0 aliphatic carbocycles. The van der Waals surface area contributed by atoms with Gasteiger partial charge in [0.05, 0.1) is 5.69 Å². The molecular formula is C17H20ClN3OS. The number of carbonyl (C=O) groups is 1. The van der Waals surface area contributed by atoms with Gasteiger partial charge in [0.2, 0.25) is 5.91 Å². The quantitative estimate of drug-likeness (QED) is 0.851. The van der Waals surface area contributed by atoms with E-state index in [-0.39, 0.29) is 5.91 Å². The predicted octanol–water partition coefficient (Wildman–Crippen LogP) is 4.18. The van der Waals surface area contributed by atoms with Gasteiger partial charge in [-0.3, -0.25) is 4.79 Å². The lowest BCUT2D eigenvalue weighted by Crippen LogP contribution is -2.28. The maximum Gasteiger partial charge on any atom is 0.226 e. The van der Waals surface area contributed by atoms with Crippen LogP contribution in [0.15, 0.2) is 29.6 Å². The van der Waals surface area contributed by atoms with Gasteiger partial charge < -0.3 is 10.6 Å². The van der Waals surface area contributed by atoms with Crippen molar-refractivity contribution in [1.29, 1.82) is 0 Å². The van der Waals surface area contributed by atoms with Crippen LogP contribution in [0.3, 0.4) is 0 Å². The third-order valence-electron chi connectivity index (χ3n) is 4.11. The largest absolute Gasteiger partial charge is 0.317 e. The van der Waals surface area contributed by atoms with E-state index >= 15 is 0 Å². The molecule has 1 aliphatic heterocycles. The second-order valence-electron chi connectivity index (χ2n) is 5.83. The van der Waals surface area contributed by atoms with Crippen LogP contribution < -0.4 is 10.6 Å². The van der Waals surface area contributed by atoms with Crippen LogP contribution in [0.25, 0.3) is 11.3 Å². The minimum Gasteiger partial charge on any atom is -0.317 e. The van der Waals surface area contributed by atoms with Crippen LogP contribution in [0.5, 0.6) is 0 Å². The molecule has 6 heteroatoms. The third-order valence-corrected chi connectivity index (χ3v) is 5.10. The van der Waals surface area contributed by atoms with Crippen molar-refractivity contribution < 1.29 is 4.79 Å². The Morgan fingerprint density at radius 2 is 2.22 bits per heavy atom. The van der Waals surface area contributed by atoms with Gasteiger partial charge in [-0.1, -0.05) is 23.7 Å². The third kappa shape index (κ3) is 4.77. The molecule has 2 N–H and O–H groups in total. The lowest BCUT2D eigenvalue weighted by Gasteiger charge is -2.21. The number of rotatable bonds is 5. The first-order valence-electron chi connectivity index (χ1n) is 7.93. The van der Waals surface area contributed by atoms with Gasteiger partial charge in [0.1, 0.15) is 0 Å². The molecule has 0 unspecified atom stereocenters. The number of piperidine rings is 1. The molecule has 1 amide bonds. The molecular weight excluding hydrogens is 330 g/mol. The second kappa shape index (κ2) is 7.90. The summed E-state index contributed by atoms with van der Waals surface area (Å²) < 4.78 is 0. The van der Waals surface area contributed by atoms with Crippen molar-refractivity contribution in [3.63, 3.8) is 0 Å². The molecule has 2 heterocycles. The molecule has 122 valence electrons. The van der Waals surface area contributed by atoms with E-state index in [2.05, 4.69) is 15.6 Å². The van der Waals surface area contributed by atoms with E-state index in [1.807, 2.05) is 29.6 Å². The Bertz CT molecular complexity index is 667. The van der Waals surface area contributed by atoms with Crippen LogP contribution in [-0.4, -0.2) is 24.0 Å². The zero-order valence-electron chi connectivity index (χ0n) is 12.8. The smallest absolute Gasteiger partial charge is 0.226 e. The number of amides is 1. The minimum absolute atomic E-state index is 0.0514. The first-order chi connectivity index (χ1) is 11.2. The number of carbonyl (C=O) groups excluding carboxylic acids is 1. The number of anilines is 1. The van der Waals surface area contributed by atoms with Gasteiger partial charge >= 0.3 is 0 Å². The highest BCUT2D eigenvalue weighted by Crippen LogP contribution is 2.27. The number of hydrogen-bond acceptors (Lipinski definition) is 4. The molecule has 1 aliphatic rings. The van der Waals surface area contributed by atoms with Crippen molar-refractivity contribution in [3.05, 3.63) is 34.7 Å². The van der Waals surface area contributed by atoms with Gasteiger partial charge in [-0.25, -0.2) is 4.98 Å². The Morgan fingerprint density at radius 3 is 3.00 bits per heavy atom. The highest BCUT2D eigenvalue weighted by molar-refractivity contribution is 7.14. The normalized spacial score (nSPS) is 15.5. The van der Waals surface area contributed by atoms with Gasteiger partial charge in [-0.2, -0.15) is 0 Å². The number of thiazole rings is 1. The molecule has 1 saturated heterocycles. The van der Waals surface area contributed by atoms with Gasteiger partial charge in [-0.05, 0) is 50.4 Å². The number of benzene rings is 1. The summed E-state index contributed by atoms with van der Waals surface area (Å²) in [4.78, 5) is 16.5. The molecule has 1 aromatic carbocycles. The fraction of sp³-hybridized carbons (Fsp3) is 0.412. The first-order valence-corrected chi connectivity index (χ1v) is 9.18. The van der Waals surface area contributed by atoms with Crippen molar-refractivity contribution in [2.75, 3.05) is 18.4 Å². The van der Waals surface area contributed by atoms with E-state index in [1.165, 1.54) is 24.2 Å². The highest BCUT2D eigenvalue weighted by atomic mass is 35.5. The number of aromatic nitrogens is 1. The predicted molar refractivity (Wildman–Crippen MR) is 96.0 cm³/mol. The molecule has 0 spiro atoms. The number of hydrogen-bond donors (Lipinski definition) is 2. The fourth-order valence-corrected chi connectivity index (χ4v) is 3.73. The molecule has 0 bridgehead atoms. The van der Waals surface area contributed by atoms with Crippen molar-refractivity contribution in [2.45, 2.75) is 25.7 Å². The molecule has 23 heavy (non-hydrogen) atoms. The Kier molecular flexibility index (Phi) is 5.65. The van der Waals surface area contributed by atoms with E-state index in [4.69, 9.17) is 11.6 Å². The number of nitrogens with one attached hydrogen (secondary N) is 2. The summed E-state index contributed by atoms with van der Waals surface area (Å²) in [5.74, 6) is 0.718. The van der Waals surface area contributed by atoms with Gasteiger partial charge in [0.25, 0.3) is 0 Å². The topological polar surface area (TPSA) is 54.0 Å². The molecule has 1 aromatic heterocycles. The Balaban J connectivity index is 1.53. The van der Waals surface area contributed by atoms with Crippen LogP contribution in [0.4, 0.5) is 5.13 Å². The average molecular weight is 350 g/mol. The fourth-order valence-electron chi connectivity index (χ4n) is 2.80. The number of halogens is 1. The summed E-state index contributed by atoms with van der Waals surface area (Å²) in [6, 6.07) is 7.57. The van der Waals surface area contributed by atoms with Crippen molar-refractivity contribution in [3.8, 4) is 11.3 Å². The Labute approximate surface area is 145 Å². The van der Waals surface area contributed by atoms with E-state index in [0.29, 0.717) is 22.5 Å². The van der Waals surface area contributed by atoms with Gasteiger partial charge in [-0.15, -0.1) is 11.3 Å². The molecule has 0 atom stereocenters. The van der Waals surface area contributed by atoms with Crippen molar-refractivity contribution >= 4 is 34.0 Å². The summed E-state index contributed by atoms with van der Waals surface area (Å²) in [6.07, 6.45) is 3.86. The SMILES string of the molecule is O=C(CCC1CCNCC1)Nc1nc(-c2cccc(Cl)c2)cs1. The lowest BCUT2D eigenvalue weighted by atomic mass is 9.93. The molecule has 0 radical (unpaired) electrons. The van der Waals surface area contributed by atoms with Crippen LogP contribution in [-0.2, 0) is 4.79 Å². The number of nitrogens with zero attached hydrogens (tertiary/aromatic N) is 1. The molecule has 2 aromatic rings. The van der Waals surface area contributed by atoms with Crippen LogP contribution in [0, 0.1) is 5.92 Å². The Hall–Kier alpha value is -1.43. The van der Waals surface area contributed by atoms with Crippen LogP contribution in [0.1, 0.15) is 25.7 Å². The summed E-state index contributed by atoms with van der Waals surface area (Å²) in [5, 5.41) is 9.52. The average Bonchev–Trinajstić information content (AvgIpc) is 3.02. The minimum atomic E-state index is 0.0514. The van der Waals surface area contributed by atoms with Gasteiger partial charge in [0.15, 0.2) is 5.13 Å². The maximum absolute atomic E-state index is 12.1. The first kappa shape index (κ1) is 16.4. The van der Waals surface area contributed by atoms with E-state index in [0.717, 1.165) is 30.8 Å². The van der Waals surface area contributed by atoms with Crippen LogP contribution >= 0.6 is 22.9 Å². The summed E-state index contributed by atoms with van der Waals surface area (Å²) in [5.41, 5.74) is 1.80.